The Kier molecular flexibility index (Phi) is 4.37. The van der Waals surface area contributed by atoms with E-state index in [4.69, 9.17) is 0 Å². The first-order chi connectivity index (χ1) is 9.37. The zero-order valence-corrected chi connectivity index (χ0v) is 11.3. The average molecular weight is 290 g/mol. The minimum absolute atomic E-state index is 0.0892. The maximum atomic E-state index is 12.1. The maximum absolute atomic E-state index is 12.1. The molecule has 1 fully saturated rings. The molecule has 2 N–H and O–H groups in total. The molecule has 4 nitrogen and oxygen atoms in total. The van der Waals surface area contributed by atoms with Gasteiger partial charge in [-0.15, -0.1) is 0 Å². The van der Waals surface area contributed by atoms with Gasteiger partial charge in [-0.3, -0.25) is 4.79 Å². The van der Waals surface area contributed by atoms with Crippen LogP contribution in [0.15, 0.2) is 18.3 Å². The van der Waals surface area contributed by atoms with Crippen LogP contribution in [0.1, 0.15) is 24.6 Å². The smallest absolute Gasteiger partial charge is 0.350 e. The number of nitrogens with zero attached hydrogens (tertiary/aromatic N) is 1. The van der Waals surface area contributed by atoms with Crippen LogP contribution in [0.4, 0.5) is 13.2 Å². The van der Waals surface area contributed by atoms with E-state index < -0.39 is 18.6 Å². The summed E-state index contributed by atoms with van der Waals surface area (Å²) in [7, 11) is 1.94. The zero-order valence-electron chi connectivity index (χ0n) is 11.3. The molecule has 0 radical (unpaired) electrons. The SMILES string of the molecule is Cn1cccc1[C@H]1CCC[NH+]1CC(=O)NCC(F)(F)F. The zero-order chi connectivity index (χ0) is 14.8. The summed E-state index contributed by atoms with van der Waals surface area (Å²) < 4.78 is 38.2. The lowest BCUT2D eigenvalue weighted by molar-refractivity contribution is -0.911. The number of hydrogen-bond donors (Lipinski definition) is 2. The van der Waals surface area contributed by atoms with Crippen LogP contribution in [0, 0.1) is 0 Å². The van der Waals surface area contributed by atoms with Gasteiger partial charge in [0.15, 0.2) is 6.54 Å². The molecule has 2 heterocycles. The van der Waals surface area contributed by atoms with Crippen molar-refractivity contribution in [2.75, 3.05) is 19.6 Å². The number of nitrogens with one attached hydrogen (secondary N) is 2. The summed E-state index contributed by atoms with van der Waals surface area (Å²) in [5, 5.41) is 1.94. The van der Waals surface area contributed by atoms with Crippen LogP contribution in [0.5, 0.6) is 0 Å². The van der Waals surface area contributed by atoms with E-state index in [1.54, 1.807) is 0 Å². The summed E-state index contributed by atoms with van der Waals surface area (Å²) in [5.74, 6) is -0.543. The Morgan fingerprint density at radius 2 is 2.30 bits per heavy atom. The summed E-state index contributed by atoms with van der Waals surface area (Å²) in [4.78, 5) is 12.6. The fraction of sp³-hybridized carbons (Fsp3) is 0.615. The molecule has 0 bridgehead atoms. The minimum Gasteiger partial charge on any atom is -0.350 e. The normalized spacial score (nSPS) is 23.0. The largest absolute Gasteiger partial charge is 0.405 e. The van der Waals surface area contributed by atoms with Crippen LogP contribution in [0.25, 0.3) is 0 Å². The predicted molar refractivity (Wildman–Crippen MR) is 67.1 cm³/mol. The van der Waals surface area contributed by atoms with Gasteiger partial charge in [0.05, 0.1) is 12.2 Å². The Balaban J connectivity index is 1.92. The molecule has 0 saturated carbocycles. The van der Waals surface area contributed by atoms with Crippen molar-refractivity contribution in [1.82, 2.24) is 9.88 Å². The summed E-state index contributed by atoms with van der Waals surface area (Å²) in [6, 6.07) is 4.13. The van der Waals surface area contributed by atoms with Gasteiger partial charge in [0.1, 0.15) is 12.6 Å². The Labute approximate surface area is 115 Å². The van der Waals surface area contributed by atoms with Crippen molar-refractivity contribution in [3.8, 4) is 0 Å². The van der Waals surface area contributed by atoms with Crippen LogP contribution < -0.4 is 10.2 Å². The first-order valence-electron chi connectivity index (χ1n) is 6.66. The minimum atomic E-state index is -4.35. The molecule has 1 aromatic heterocycles. The number of halogens is 3. The van der Waals surface area contributed by atoms with Crippen LogP contribution in [-0.2, 0) is 11.8 Å². The second kappa shape index (κ2) is 5.87. The van der Waals surface area contributed by atoms with Gasteiger partial charge in [0.25, 0.3) is 5.91 Å². The van der Waals surface area contributed by atoms with E-state index >= 15 is 0 Å². The summed E-state index contributed by atoms with van der Waals surface area (Å²) >= 11 is 0. The fourth-order valence-electron chi connectivity index (χ4n) is 2.78. The molecular weight excluding hydrogens is 271 g/mol. The van der Waals surface area contributed by atoms with Gasteiger partial charge in [0, 0.05) is 26.1 Å². The number of hydrogen-bond acceptors (Lipinski definition) is 1. The molecule has 2 atom stereocenters. The molecule has 1 aliphatic rings. The van der Waals surface area contributed by atoms with Gasteiger partial charge in [0.2, 0.25) is 0 Å². The number of carbonyl (C=O) groups excluding carboxylic acids is 1. The first kappa shape index (κ1) is 14.9. The number of aromatic nitrogens is 1. The lowest BCUT2D eigenvalue weighted by atomic mass is 10.1. The molecule has 20 heavy (non-hydrogen) atoms. The Morgan fingerprint density at radius 3 is 2.90 bits per heavy atom. The van der Waals surface area contributed by atoms with E-state index in [-0.39, 0.29) is 12.6 Å². The second-order valence-corrected chi connectivity index (χ2v) is 5.22. The molecule has 1 amide bonds. The third-order valence-corrected chi connectivity index (χ3v) is 3.70. The highest BCUT2D eigenvalue weighted by molar-refractivity contribution is 5.76. The first-order valence-corrected chi connectivity index (χ1v) is 6.66. The number of quaternary nitrogens is 1. The number of alkyl halides is 3. The standard InChI is InChI=1S/C13H18F3N3O/c1-18-6-2-4-10(18)11-5-3-7-19(11)8-12(20)17-9-13(14,15)16/h2,4,6,11H,3,5,7-9H2,1H3,(H,17,20)/p+1/t11-/m1/s1. The van der Waals surface area contributed by atoms with E-state index in [9.17, 15) is 18.0 Å². The van der Waals surface area contributed by atoms with Crippen LogP contribution in [-0.4, -0.2) is 36.3 Å². The molecule has 0 spiro atoms. The van der Waals surface area contributed by atoms with E-state index in [0.29, 0.717) is 0 Å². The molecule has 0 aliphatic carbocycles. The van der Waals surface area contributed by atoms with E-state index in [1.165, 1.54) is 0 Å². The van der Waals surface area contributed by atoms with Crippen molar-refractivity contribution in [2.45, 2.75) is 25.1 Å². The molecule has 1 unspecified atom stereocenters. The Hall–Kier alpha value is -1.50. The van der Waals surface area contributed by atoms with Crippen LogP contribution in [0.2, 0.25) is 0 Å². The molecule has 1 aliphatic heterocycles. The predicted octanol–water partition coefficient (Wildman–Crippen LogP) is 0.423. The molecule has 2 rings (SSSR count). The second-order valence-electron chi connectivity index (χ2n) is 5.22. The van der Waals surface area contributed by atoms with Gasteiger partial charge in [-0.1, -0.05) is 0 Å². The van der Waals surface area contributed by atoms with Gasteiger partial charge >= 0.3 is 6.18 Å². The lowest BCUT2D eigenvalue weighted by Gasteiger charge is -2.21. The highest BCUT2D eigenvalue weighted by Crippen LogP contribution is 2.18. The third-order valence-electron chi connectivity index (χ3n) is 3.70. The quantitative estimate of drug-likeness (QED) is 0.829. The number of aryl methyl sites for hydroxylation is 1. The number of carbonyl (C=O) groups is 1. The fourth-order valence-corrected chi connectivity index (χ4v) is 2.78. The average Bonchev–Trinajstić information content (AvgIpc) is 2.94. The van der Waals surface area contributed by atoms with Crippen molar-refractivity contribution in [3.63, 3.8) is 0 Å². The molecule has 1 saturated heterocycles. The highest BCUT2D eigenvalue weighted by atomic mass is 19.4. The molecule has 7 heteroatoms. The van der Waals surface area contributed by atoms with Crippen molar-refractivity contribution in [2.24, 2.45) is 7.05 Å². The van der Waals surface area contributed by atoms with Crippen LogP contribution >= 0.6 is 0 Å². The van der Waals surface area contributed by atoms with E-state index in [1.807, 2.05) is 35.3 Å². The Morgan fingerprint density at radius 1 is 1.55 bits per heavy atom. The summed E-state index contributed by atoms with van der Waals surface area (Å²) in [6.07, 6.45) is -0.472. The van der Waals surface area contributed by atoms with Crippen molar-refractivity contribution < 1.29 is 22.9 Å². The lowest BCUT2D eigenvalue weighted by Crippen LogP contribution is -3.11. The summed E-state index contributed by atoms with van der Waals surface area (Å²) in [6.45, 7) is -0.352. The molecule has 112 valence electrons. The number of likely N-dealkylation sites (tertiary alicyclic amines) is 1. The van der Waals surface area contributed by atoms with Crippen molar-refractivity contribution in [1.29, 1.82) is 0 Å². The van der Waals surface area contributed by atoms with Gasteiger partial charge in [-0.05, 0) is 12.1 Å². The monoisotopic (exact) mass is 290 g/mol. The van der Waals surface area contributed by atoms with E-state index in [0.717, 1.165) is 30.0 Å². The maximum Gasteiger partial charge on any atom is 0.405 e. The molecular formula is C13H19F3N3O+. The van der Waals surface area contributed by atoms with Gasteiger partial charge in [-0.25, -0.2) is 0 Å². The van der Waals surface area contributed by atoms with Crippen LogP contribution in [0.3, 0.4) is 0 Å². The summed E-state index contributed by atoms with van der Waals surface area (Å²) in [5.41, 5.74) is 1.13. The number of rotatable bonds is 4. The van der Waals surface area contributed by atoms with Crippen molar-refractivity contribution >= 4 is 5.91 Å². The molecule has 0 aromatic carbocycles. The van der Waals surface area contributed by atoms with Gasteiger partial charge < -0.3 is 14.8 Å². The molecule has 1 aromatic rings. The van der Waals surface area contributed by atoms with Gasteiger partial charge in [-0.2, -0.15) is 13.2 Å². The van der Waals surface area contributed by atoms with Crippen molar-refractivity contribution in [3.05, 3.63) is 24.0 Å². The third kappa shape index (κ3) is 3.75. The number of amides is 1. The van der Waals surface area contributed by atoms with E-state index in [2.05, 4.69) is 0 Å². The highest BCUT2D eigenvalue weighted by Gasteiger charge is 2.34. The Bertz CT molecular complexity index is 470. The topological polar surface area (TPSA) is 38.5 Å².